The van der Waals surface area contributed by atoms with Crippen molar-refractivity contribution < 1.29 is 14.3 Å². The molecule has 29 heavy (non-hydrogen) atoms. The van der Waals surface area contributed by atoms with Crippen LogP contribution in [-0.2, 0) is 16.1 Å². The van der Waals surface area contributed by atoms with Crippen LogP contribution in [0.5, 0.6) is 0 Å². The van der Waals surface area contributed by atoms with Gasteiger partial charge < -0.3 is 10.1 Å². The average Bonchev–Trinajstić information content (AvgIpc) is 2.70. The number of amides is 1. The molecular formula is C21H29N3O4S. The Morgan fingerprint density at radius 1 is 1.28 bits per heavy atom. The van der Waals surface area contributed by atoms with Crippen LogP contribution in [0.2, 0.25) is 0 Å². The van der Waals surface area contributed by atoms with E-state index in [-0.39, 0.29) is 23.3 Å². The molecule has 0 aliphatic heterocycles. The number of nitrogens with one attached hydrogen (secondary N) is 1. The average molecular weight is 420 g/mol. The standard InChI is InChI=1S/C21H29N3O4S/c1-6-7-10-24-19(26)16-9-8-15(20(27)28-5)11-17(16)23-21(24)29-12-18(25)22-14(4)13(2)3/h8-9,11,13-14H,6-7,10,12H2,1-5H3,(H,22,25)/t14-/m1/s1. The fourth-order valence-corrected chi connectivity index (χ4v) is 3.50. The van der Waals surface area contributed by atoms with Crippen LogP contribution in [0.4, 0.5) is 0 Å². The van der Waals surface area contributed by atoms with Gasteiger partial charge in [-0.2, -0.15) is 0 Å². The minimum Gasteiger partial charge on any atom is -0.465 e. The highest BCUT2D eigenvalue weighted by Gasteiger charge is 2.16. The maximum atomic E-state index is 13.0. The molecule has 0 unspecified atom stereocenters. The summed E-state index contributed by atoms with van der Waals surface area (Å²) >= 11 is 1.23. The highest BCUT2D eigenvalue weighted by Crippen LogP contribution is 2.20. The Labute approximate surface area is 175 Å². The number of hydrogen-bond acceptors (Lipinski definition) is 6. The van der Waals surface area contributed by atoms with Gasteiger partial charge in [0.25, 0.3) is 5.56 Å². The van der Waals surface area contributed by atoms with E-state index in [1.54, 1.807) is 22.8 Å². The maximum absolute atomic E-state index is 13.0. The third kappa shape index (κ3) is 5.82. The number of carbonyl (C=O) groups is 2. The number of nitrogens with zero attached hydrogens (tertiary/aromatic N) is 2. The minimum atomic E-state index is -0.486. The number of methoxy groups -OCH3 is 1. The number of thioether (sulfide) groups is 1. The van der Waals surface area contributed by atoms with E-state index in [1.807, 2.05) is 20.8 Å². The lowest BCUT2D eigenvalue weighted by Crippen LogP contribution is -2.37. The summed E-state index contributed by atoms with van der Waals surface area (Å²) in [6, 6.07) is 4.79. The van der Waals surface area contributed by atoms with Gasteiger partial charge in [-0.1, -0.05) is 39.0 Å². The number of carbonyl (C=O) groups excluding carboxylic acids is 2. The maximum Gasteiger partial charge on any atom is 0.337 e. The van der Waals surface area contributed by atoms with Crippen molar-refractivity contribution >= 4 is 34.5 Å². The lowest BCUT2D eigenvalue weighted by Gasteiger charge is -2.17. The molecule has 2 rings (SSSR count). The van der Waals surface area contributed by atoms with E-state index >= 15 is 0 Å². The first-order chi connectivity index (χ1) is 13.8. The molecule has 0 radical (unpaired) electrons. The van der Waals surface area contributed by atoms with Crippen molar-refractivity contribution in [1.29, 1.82) is 0 Å². The Balaban J connectivity index is 2.37. The van der Waals surface area contributed by atoms with Gasteiger partial charge in [0.2, 0.25) is 5.91 Å². The Morgan fingerprint density at radius 2 is 2.00 bits per heavy atom. The van der Waals surface area contributed by atoms with Gasteiger partial charge in [-0.05, 0) is 37.5 Å². The third-order valence-electron chi connectivity index (χ3n) is 4.80. The van der Waals surface area contributed by atoms with Crippen LogP contribution in [0, 0.1) is 5.92 Å². The number of fused-ring (bicyclic) bond motifs is 1. The molecule has 0 aliphatic rings. The van der Waals surface area contributed by atoms with Crippen LogP contribution in [-0.4, -0.2) is 40.3 Å². The second kappa shape index (κ2) is 10.4. The van der Waals surface area contributed by atoms with Gasteiger partial charge in [0.15, 0.2) is 5.16 Å². The minimum absolute atomic E-state index is 0.0672. The van der Waals surface area contributed by atoms with E-state index in [0.29, 0.717) is 34.1 Å². The van der Waals surface area contributed by atoms with Crippen LogP contribution in [0.3, 0.4) is 0 Å². The van der Waals surface area contributed by atoms with Crippen LogP contribution >= 0.6 is 11.8 Å². The normalized spacial score (nSPS) is 12.2. The van der Waals surface area contributed by atoms with Crippen LogP contribution < -0.4 is 10.9 Å². The molecule has 8 heteroatoms. The van der Waals surface area contributed by atoms with Crippen molar-refractivity contribution in [3.63, 3.8) is 0 Å². The summed E-state index contributed by atoms with van der Waals surface area (Å²) < 4.78 is 6.37. The number of ether oxygens (including phenoxy) is 1. The van der Waals surface area contributed by atoms with Crippen molar-refractivity contribution in [3.8, 4) is 0 Å². The number of hydrogen-bond donors (Lipinski definition) is 1. The highest BCUT2D eigenvalue weighted by atomic mass is 32.2. The molecule has 158 valence electrons. The smallest absolute Gasteiger partial charge is 0.337 e. The Morgan fingerprint density at radius 3 is 2.62 bits per heavy atom. The summed E-state index contributed by atoms with van der Waals surface area (Å²) in [6.45, 7) is 8.64. The fourth-order valence-electron chi connectivity index (χ4n) is 2.66. The molecule has 1 amide bonds. The predicted octanol–water partition coefficient (Wildman–Crippen LogP) is 3.24. The van der Waals surface area contributed by atoms with Gasteiger partial charge in [-0.15, -0.1) is 0 Å². The third-order valence-corrected chi connectivity index (χ3v) is 5.77. The van der Waals surface area contributed by atoms with Crippen molar-refractivity contribution in [2.24, 2.45) is 5.92 Å². The van der Waals surface area contributed by atoms with Crippen LogP contribution in [0.15, 0.2) is 28.2 Å². The molecule has 0 aliphatic carbocycles. The number of unbranched alkanes of at least 4 members (excludes halogenated alkanes) is 1. The molecule has 0 saturated heterocycles. The monoisotopic (exact) mass is 419 g/mol. The lowest BCUT2D eigenvalue weighted by atomic mass is 10.1. The van der Waals surface area contributed by atoms with E-state index in [0.717, 1.165) is 12.8 Å². The molecule has 2 aromatic rings. The van der Waals surface area contributed by atoms with Gasteiger partial charge in [0.1, 0.15) is 0 Å². The first kappa shape index (κ1) is 22.9. The summed E-state index contributed by atoms with van der Waals surface area (Å²) in [5, 5.41) is 3.88. The van der Waals surface area contributed by atoms with Crippen LogP contribution in [0.25, 0.3) is 10.9 Å². The second-order valence-corrected chi connectivity index (χ2v) is 8.26. The summed E-state index contributed by atoms with van der Waals surface area (Å²) in [5.41, 5.74) is 0.583. The van der Waals surface area contributed by atoms with Gasteiger partial charge in [0, 0.05) is 12.6 Å². The van der Waals surface area contributed by atoms with Crippen LogP contribution in [0.1, 0.15) is 50.9 Å². The molecule has 7 nitrogen and oxygen atoms in total. The van der Waals surface area contributed by atoms with E-state index in [2.05, 4.69) is 17.2 Å². The Kier molecular flexibility index (Phi) is 8.25. The summed E-state index contributed by atoms with van der Waals surface area (Å²) in [6.07, 6.45) is 1.76. The molecule has 1 aromatic carbocycles. The van der Waals surface area contributed by atoms with E-state index in [1.165, 1.54) is 18.9 Å². The van der Waals surface area contributed by atoms with E-state index in [9.17, 15) is 14.4 Å². The summed E-state index contributed by atoms with van der Waals surface area (Å²) in [5.74, 6) is -0.0871. The van der Waals surface area contributed by atoms with Crippen molar-refractivity contribution in [1.82, 2.24) is 14.9 Å². The zero-order valence-electron chi connectivity index (χ0n) is 17.7. The van der Waals surface area contributed by atoms with Crippen molar-refractivity contribution in [3.05, 3.63) is 34.1 Å². The molecular weight excluding hydrogens is 390 g/mol. The number of esters is 1. The second-order valence-electron chi connectivity index (χ2n) is 7.32. The van der Waals surface area contributed by atoms with Gasteiger partial charge >= 0.3 is 5.97 Å². The quantitative estimate of drug-likeness (QED) is 0.381. The molecule has 0 fully saturated rings. The first-order valence-corrected chi connectivity index (χ1v) is 10.8. The predicted molar refractivity (Wildman–Crippen MR) is 115 cm³/mol. The van der Waals surface area contributed by atoms with E-state index in [4.69, 9.17) is 4.74 Å². The lowest BCUT2D eigenvalue weighted by molar-refractivity contribution is -0.119. The molecule has 1 heterocycles. The summed E-state index contributed by atoms with van der Waals surface area (Å²) in [4.78, 5) is 41.7. The van der Waals surface area contributed by atoms with Gasteiger partial charge in [-0.3, -0.25) is 14.2 Å². The molecule has 0 bridgehead atoms. The first-order valence-electron chi connectivity index (χ1n) is 9.83. The Bertz CT molecular complexity index is 939. The number of aromatic nitrogens is 2. The summed E-state index contributed by atoms with van der Waals surface area (Å²) in [7, 11) is 1.31. The number of benzene rings is 1. The molecule has 1 N–H and O–H groups in total. The molecule has 0 spiro atoms. The van der Waals surface area contributed by atoms with Crippen molar-refractivity contribution in [2.45, 2.75) is 58.3 Å². The largest absolute Gasteiger partial charge is 0.465 e. The van der Waals surface area contributed by atoms with Crippen molar-refractivity contribution in [2.75, 3.05) is 12.9 Å². The van der Waals surface area contributed by atoms with E-state index < -0.39 is 5.97 Å². The molecule has 0 saturated carbocycles. The van der Waals surface area contributed by atoms with Gasteiger partial charge in [0.05, 0.1) is 29.3 Å². The number of rotatable bonds is 9. The Hall–Kier alpha value is -2.35. The molecule has 1 aromatic heterocycles. The topological polar surface area (TPSA) is 90.3 Å². The fraction of sp³-hybridized carbons (Fsp3) is 0.524. The zero-order valence-corrected chi connectivity index (χ0v) is 18.5. The van der Waals surface area contributed by atoms with Gasteiger partial charge in [-0.25, -0.2) is 9.78 Å². The molecule has 1 atom stereocenters. The zero-order chi connectivity index (χ0) is 21.6. The highest BCUT2D eigenvalue weighted by molar-refractivity contribution is 7.99. The SMILES string of the molecule is CCCCn1c(SCC(=O)N[C@H](C)C(C)C)nc2cc(C(=O)OC)ccc2c1=O.